The largest absolute Gasteiger partial charge is 0.454 e. The van der Waals surface area contributed by atoms with Gasteiger partial charge in [0.15, 0.2) is 11.5 Å². The number of amides is 1. The van der Waals surface area contributed by atoms with Gasteiger partial charge >= 0.3 is 0 Å². The maximum Gasteiger partial charge on any atom is 0.231 e. The van der Waals surface area contributed by atoms with Crippen LogP contribution in [0.15, 0.2) is 12.1 Å². The van der Waals surface area contributed by atoms with E-state index in [1.807, 2.05) is 0 Å². The van der Waals surface area contributed by atoms with Crippen LogP contribution < -0.4 is 20.5 Å². The minimum atomic E-state index is -0.112. The molecular weight excluding hydrogens is 284 g/mol. The molecule has 0 radical (unpaired) electrons. The molecule has 1 aromatic rings. The van der Waals surface area contributed by atoms with Crippen molar-refractivity contribution in [1.82, 2.24) is 0 Å². The van der Waals surface area contributed by atoms with Crippen LogP contribution in [-0.4, -0.2) is 25.9 Å². The second kappa shape index (κ2) is 6.19. The van der Waals surface area contributed by atoms with Gasteiger partial charge < -0.3 is 25.3 Å². The molecule has 2 aliphatic heterocycles. The van der Waals surface area contributed by atoms with Crippen molar-refractivity contribution in [1.29, 1.82) is 0 Å². The lowest BCUT2D eigenvalue weighted by molar-refractivity contribution is -0.123. The van der Waals surface area contributed by atoms with E-state index >= 15 is 0 Å². The Balaban J connectivity index is 0.00000147. The summed E-state index contributed by atoms with van der Waals surface area (Å²) < 4.78 is 15.8. The van der Waals surface area contributed by atoms with Gasteiger partial charge in [0.05, 0.1) is 23.9 Å². The van der Waals surface area contributed by atoms with Crippen LogP contribution in [0.2, 0.25) is 0 Å². The zero-order valence-electron chi connectivity index (χ0n) is 10.9. The summed E-state index contributed by atoms with van der Waals surface area (Å²) >= 11 is 0. The maximum atomic E-state index is 12.1. The maximum absolute atomic E-state index is 12.1. The average Bonchev–Trinajstić information content (AvgIpc) is 2.87. The van der Waals surface area contributed by atoms with Crippen molar-refractivity contribution in [3.63, 3.8) is 0 Å². The number of ether oxygens (including phenoxy) is 3. The highest BCUT2D eigenvalue weighted by atomic mass is 35.5. The summed E-state index contributed by atoms with van der Waals surface area (Å²) in [5, 5.41) is 2.83. The lowest BCUT2D eigenvalue weighted by Gasteiger charge is -2.21. The first-order chi connectivity index (χ1) is 9.24. The summed E-state index contributed by atoms with van der Waals surface area (Å²) in [4.78, 5) is 12.1. The Morgan fingerprint density at radius 2 is 2.05 bits per heavy atom. The minimum Gasteiger partial charge on any atom is -0.454 e. The quantitative estimate of drug-likeness (QED) is 0.814. The minimum absolute atomic E-state index is 0. The van der Waals surface area contributed by atoms with Crippen molar-refractivity contribution in [3.8, 4) is 11.5 Å². The van der Waals surface area contributed by atoms with Gasteiger partial charge in [0.2, 0.25) is 12.7 Å². The van der Waals surface area contributed by atoms with Crippen molar-refractivity contribution in [2.45, 2.75) is 12.8 Å². The Bertz CT molecular complexity index is 503. The predicted molar refractivity (Wildman–Crippen MR) is 76.4 cm³/mol. The normalized spacial score (nSPS) is 20.1. The Hall–Kier alpha value is -1.66. The molecule has 110 valence electrons. The Morgan fingerprint density at radius 1 is 1.30 bits per heavy atom. The third-order valence-corrected chi connectivity index (χ3v) is 3.33. The summed E-state index contributed by atoms with van der Waals surface area (Å²) in [7, 11) is 0. The van der Waals surface area contributed by atoms with E-state index in [0.717, 1.165) is 19.4 Å². The number of carbonyl (C=O) groups excluding carboxylic acids is 1. The standard InChI is InChI=1S/C13H16N2O4.ClH/c14-9-4-11-12(19-7-18-11)5-10(9)15-13(16)8-2-1-3-17-6-8;/h4-5,8H,1-3,6-7,14H2,(H,15,16);1H. The zero-order chi connectivity index (χ0) is 13.2. The molecule has 3 N–H and O–H groups in total. The van der Waals surface area contributed by atoms with Gasteiger partial charge in [-0.15, -0.1) is 12.4 Å². The smallest absolute Gasteiger partial charge is 0.231 e. The van der Waals surface area contributed by atoms with Crippen LogP contribution in [0.1, 0.15) is 12.8 Å². The summed E-state index contributed by atoms with van der Waals surface area (Å²) in [6.07, 6.45) is 1.75. The molecule has 0 saturated carbocycles. The highest BCUT2D eigenvalue weighted by molar-refractivity contribution is 5.96. The van der Waals surface area contributed by atoms with E-state index in [1.165, 1.54) is 0 Å². The molecule has 1 atom stereocenters. The van der Waals surface area contributed by atoms with Crippen LogP contribution in [0.5, 0.6) is 11.5 Å². The first kappa shape index (κ1) is 14.7. The van der Waals surface area contributed by atoms with Crippen LogP contribution in [0.25, 0.3) is 0 Å². The van der Waals surface area contributed by atoms with Gasteiger partial charge in [-0.1, -0.05) is 0 Å². The van der Waals surface area contributed by atoms with Crippen molar-refractivity contribution in [3.05, 3.63) is 12.1 Å². The molecule has 7 heteroatoms. The van der Waals surface area contributed by atoms with Crippen molar-refractivity contribution in [2.75, 3.05) is 31.1 Å². The number of rotatable bonds is 2. The van der Waals surface area contributed by atoms with Gasteiger partial charge in [0.25, 0.3) is 0 Å². The molecule has 20 heavy (non-hydrogen) atoms. The van der Waals surface area contributed by atoms with Crippen LogP contribution in [0.3, 0.4) is 0 Å². The van der Waals surface area contributed by atoms with Gasteiger partial charge in [0, 0.05) is 18.7 Å². The third kappa shape index (κ3) is 2.91. The number of hydrogen-bond acceptors (Lipinski definition) is 5. The van der Waals surface area contributed by atoms with Gasteiger partial charge in [-0.2, -0.15) is 0 Å². The second-order valence-electron chi connectivity index (χ2n) is 4.70. The number of benzene rings is 1. The van der Waals surface area contributed by atoms with Crippen molar-refractivity contribution < 1.29 is 19.0 Å². The van der Waals surface area contributed by atoms with E-state index in [0.29, 0.717) is 29.5 Å². The molecule has 0 bridgehead atoms. The second-order valence-corrected chi connectivity index (χ2v) is 4.70. The summed E-state index contributed by atoms with van der Waals surface area (Å²) in [6, 6.07) is 3.36. The SMILES string of the molecule is Cl.Nc1cc2c(cc1NC(=O)C1CCCOC1)OCO2. The fourth-order valence-electron chi connectivity index (χ4n) is 2.25. The monoisotopic (exact) mass is 300 g/mol. The number of anilines is 2. The van der Waals surface area contributed by atoms with E-state index < -0.39 is 0 Å². The number of hydrogen-bond donors (Lipinski definition) is 2. The highest BCUT2D eigenvalue weighted by Crippen LogP contribution is 2.38. The first-order valence-electron chi connectivity index (χ1n) is 6.32. The van der Waals surface area contributed by atoms with Crippen LogP contribution in [-0.2, 0) is 9.53 Å². The molecular formula is C13H17ClN2O4. The Morgan fingerprint density at radius 3 is 2.75 bits per heavy atom. The molecule has 1 amide bonds. The van der Waals surface area contributed by atoms with E-state index in [9.17, 15) is 4.79 Å². The van der Waals surface area contributed by atoms with E-state index in [-0.39, 0.29) is 31.0 Å². The van der Waals surface area contributed by atoms with Crippen molar-refractivity contribution >= 4 is 29.7 Å². The average molecular weight is 301 g/mol. The summed E-state index contributed by atoms with van der Waals surface area (Å²) in [6.45, 7) is 1.38. The van der Waals surface area contributed by atoms with Crippen LogP contribution in [0.4, 0.5) is 11.4 Å². The topological polar surface area (TPSA) is 82.8 Å². The molecule has 1 saturated heterocycles. The number of nitrogens with one attached hydrogen (secondary N) is 1. The highest BCUT2D eigenvalue weighted by Gasteiger charge is 2.23. The molecule has 0 aromatic heterocycles. The molecule has 0 aliphatic carbocycles. The molecule has 2 heterocycles. The zero-order valence-corrected chi connectivity index (χ0v) is 11.7. The lowest BCUT2D eigenvalue weighted by Crippen LogP contribution is -2.30. The number of fused-ring (bicyclic) bond motifs is 1. The van der Waals surface area contributed by atoms with Crippen LogP contribution in [0, 0.1) is 5.92 Å². The van der Waals surface area contributed by atoms with Gasteiger partial charge in [0.1, 0.15) is 0 Å². The van der Waals surface area contributed by atoms with E-state index in [2.05, 4.69) is 5.32 Å². The fourth-order valence-corrected chi connectivity index (χ4v) is 2.25. The molecule has 0 spiro atoms. The van der Waals surface area contributed by atoms with E-state index in [1.54, 1.807) is 12.1 Å². The Kier molecular flexibility index (Phi) is 4.57. The van der Waals surface area contributed by atoms with E-state index in [4.69, 9.17) is 19.9 Å². The third-order valence-electron chi connectivity index (χ3n) is 3.33. The number of carbonyl (C=O) groups is 1. The van der Waals surface area contributed by atoms with Crippen molar-refractivity contribution in [2.24, 2.45) is 5.92 Å². The van der Waals surface area contributed by atoms with Gasteiger partial charge in [-0.05, 0) is 12.8 Å². The number of nitrogens with two attached hydrogens (primary N) is 1. The lowest BCUT2D eigenvalue weighted by atomic mass is 10.0. The van der Waals surface area contributed by atoms with Gasteiger partial charge in [-0.3, -0.25) is 4.79 Å². The number of nitrogen functional groups attached to an aromatic ring is 1. The molecule has 1 unspecified atom stereocenters. The molecule has 3 rings (SSSR count). The van der Waals surface area contributed by atoms with Gasteiger partial charge in [-0.25, -0.2) is 0 Å². The molecule has 1 aromatic carbocycles. The Labute approximate surface area is 123 Å². The summed E-state index contributed by atoms with van der Waals surface area (Å²) in [5.74, 6) is 1.03. The fraction of sp³-hybridized carbons (Fsp3) is 0.462. The molecule has 6 nitrogen and oxygen atoms in total. The molecule has 2 aliphatic rings. The predicted octanol–water partition coefficient (Wildman–Crippen LogP) is 1.78. The van der Waals surface area contributed by atoms with Crippen LogP contribution >= 0.6 is 12.4 Å². The number of halogens is 1. The summed E-state index contributed by atoms with van der Waals surface area (Å²) in [5.41, 5.74) is 6.91. The first-order valence-corrected chi connectivity index (χ1v) is 6.32. The molecule has 1 fully saturated rings.